The number of thiazole rings is 1. The zero-order valence-electron chi connectivity index (χ0n) is 14.1. The molecule has 0 radical (unpaired) electrons. The van der Waals surface area contributed by atoms with Crippen molar-refractivity contribution in [3.8, 4) is 0 Å². The molecule has 128 valence electrons. The third-order valence-corrected chi connectivity index (χ3v) is 6.08. The maximum atomic E-state index is 5.82. The molecule has 2 saturated heterocycles. The van der Waals surface area contributed by atoms with E-state index in [9.17, 15) is 0 Å². The molecule has 0 aliphatic carbocycles. The van der Waals surface area contributed by atoms with Crippen LogP contribution in [0.2, 0.25) is 0 Å². The predicted octanol–water partition coefficient (Wildman–Crippen LogP) is 3.61. The maximum Gasteiger partial charge on any atom is 0.180 e. The number of nitrogens with two attached hydrogens (primary N) is 1. The number of hydrogen-bond acceptors (Lipinski definition) is 5. The molecule has 3 N–H and O–H groups in total. The van der Waals surface area contributed by atoms with Gasteiger partial charge in [-0.15, -0.1) is 11.3 Å². The van der Waals surface area contributed by atoms with Crippen molar-refractivity contribution in [2.75, 3.05) is 30.3 Å². The molecule has 3 heterocycles. The van der Waals surface area contributed by atoms with Gasteiger partial charge in [-0.05, 0) is 68.8 Å². The molecule has 0 saturated carbocycles. The molecule has 1 aromatic heterocycles. The van der Waals surface area contributed by atoms with E-state index in [0.29, 0.717) is 11.2 Å². The molecule has 4 rings (SSSR count). The van der Waals surface area contributed by atoms with E-state index < -0.39 is 0 Å². The largest absolute Gasteiger partial charge is 0.375 e. The van der Waals surface area contributed by atoms with Gasteiger partial charge < -0.3 is 16.0 Å². The van der Waals surface area contributed by atoms with Crippen LogP contribution in [0.25, 0.3) is 0 Å². The summed E-state index contributed by atoms with van der Waals surface area (Å²) >= 11 is 1.55. The monoisotopic (exact) mass is 342 g/mol. The second-order valence-electron chi connectivity index (χ2n) is 7.03. The standard InChI is InChI=1S/C19H26N4S/c20-19-22-17(13-24-19)18-2-1-11-23(18)16-5-3-14(4-6-16)12-15-7-9-21-10-8-15/h3-6,13,15,18,21H,1-2,7-12H2,(H2,20,22). The summed E-state index contributed by atoms with van der Waals surface area (Å²) in [6, 6.07) is 9.62. The van der Waals surface area contributed by atoms with Gasteiger partial charge in [0, 0.05) is 17.6 Å². The Morgan fingerprint density at radius 3 is 2.67 bits per heavy atom. The first kappa shape index (κ1) is 15.9. The summed E-state index contributed by atoms with van der Waals surface area (Å²) in [5.41, 5.74) is 9.75. The lowest BCUT2D eigenvalue weighted by atomic mass is 9.91. The van der Waals surface area contributed by atoms with Crippen molar-refractivity contribution in [2.45, 2.75) is 38.1 Å². The second-order valence-corrected chi connectivity index (χ2v) is 7.92. The number of nitrogens with one attached hydrogen (secondary N) is 1. The van der Waals surface area contributed by atoms with Crippen LogP contribution in [-0.4, -0.2) is 24.6 Å². The van der Waals surface area contributed by atoms with Crippen molar-refractivity contribution in [3.05, 3.63) is 40.9 Å². The highest BCUT2D eigenvalue weighted by molar-refractivity contribution is 7.13. The summed E-state index contributed by atoms with van der Waals surface area (Å²) in [6.45, 7) is 3.46. The van der Waals surface area contributed by atoms with Crippen LogP contribution in [0.15, 0.2) is 29.6 Å². The fourth-order valence-electron chi connectivity index (χ4n) is 4.08. The van der Waals surface area contributed by atoms with E-state index in [-0.39, 0.29) is 0 Å². The van der Waals surface area contributed by atoms with Gasteiger partial charge in [-0.25, -0.2) is 4.98 Å². The van der Waals surface area contributed by atoms with Crippen molar-refractivity contribution in [1.29, 1.82) is 0 Å². The fraction of sp³-hybridized carbons (Fsp3) is 0.526. The van der Waals surface area contributed by atoms with Crippen molar-refractivity contribution in [2.24, 2.45) is 5.92 Å². The van der Waals surface area contributed by atoms with Crippen LogP contribution in [-0.2, 0) is 6.42 Å². The molecule has 4 nitrogen and oxygen atoms in total. The van der Waals surface area contributed by atoms with Crippen LogP contribution in [0, 0.1) is 5.92 Å². The zero-order valence-corrected chi connectivity index (χ0v) is 14.9. The first-order valence-corrected chi connectivity index (χ1v) is 9.95. The first-order valence-electron chi connectivity index (χ1n) is 9.07. The van der Waals surface area contributed by atoms with Crippen molar-refractivity contribution >= 4 is 22.2 Å². The average Bonchev–Trinajstić information content (AvgIpc) is 3.25. The highest BCUT2D eigenvalue weighted by Crippen LogP contribution is 2.37. The van der Waals surface area contributed by atoms with Crippen LogP contribution >= 0.6 is 11.3 Å². The van der Waals surface area contributed by atoms with E-state index in [1.807, 2.05) is 0 Å². The van der Waals surface area contributed by atoms with Gasteiger partial charge in [0.05, 0.1) is 11.7 Å². The zero-order chi connectivity index (χ0) is 16.4. The third kappa shape index (κ3) is 3.42. The first-order chi connectivity index (χ1) is 11.8. The molecule has 1 unspecified atom stereocenters. The van der Waals surface area contributed by atoms with E-state index in [2.05, 4.69) is 44.8 Å². The molecule has 2 aliphatic heterocycles. The number of rotatable bonds is 4. The summed E-state index contributed by atoms with van der Waals surface area (Å²) in [7, 11) is 0. The van der Waals surface area contributed by atoms with Gasteiger partial charge in [0.1, 0.15) is 0 Å². The Morgan fingerprint density at radius 2 is 1.96 bits per heavy atom. The van der Waals surface area contributed by atoms with E-state index in [0.717, 1.165) is 18.2 Å². The van der Waals surface area contributed by atoms with Crippen LogP contribution in [0.5, 0.6) is 0 Å². The van der Waals surface area contributed by atoms with Gasteiger partial charge in [0.25, 0.3) is 0 Å². The van der Waals surface area contributed by atoms with Crippen molar-refractivity contribution < 1.29 is 0 Å². The van der Waals surface area contributed by atoms with Crippen LogP contribution in [0.4, 0.5) is 10.8 Å². The summed E-state index contributed by atoms with van der Waals surface area (Å²) < 4.78 is 0. The lowest BCUT2D eigenvalue weighted by Gasteiger charge is -2.26. The molecule has 0 spiro atoms. The van der Waals surface area contributed by atoms with E-state index in [1.165, 1.54) is 56.4 Å². The van der Waals surface area contributed by atoms with Gasteiger partial charge in [-0.2, -0.15) is 0 Å². The molecule has 5 heteroatoms. The van der Waals surface area contributed by atoms with E-state index >= 15 is 0 Å². The third-order valence-electron chi connectivity index (χ3n) is 5.39. The summed E-state index contributed by atoms with van der Waals surface area (Å²) in [4.78, 5) is 7.00. The Bertz CT molecular complexity index is 660. The number of benzene rings is 1. The number of nitrogen functional groups attached to an aromatic ring is 1. The summed E-state index contributed by atoms with van der Waals surface area (Å²) in [6.07, 6.45) is 6.22. The number of hydrogen-bond donors (Lipinski definition) is 2. The Hall–Kier alpha value is -1.59. The van der Waals surface area contributed by atoms with Gasteiger partial charge in [-0.3, -0.25) is 0 Å². The normalized spacial score (nSPS) is 22.2. The molecule has 2 aliphatic rings. The highest BCUT2D eigenvalue weighted by atomic mass is 32.1. The van der Waals surface area contributed by atoms with E-state index in [1.54, 1.807) is 11.3 Å². The molecule has 24 heavy (non-hydrogen) atoms. The minimum atomic E-state index is 0.383. The van der Waals surface area contributed by atoms with Crippen molar-refractivity contribution in [3.63, 3.8) is 0 Å². The van der Waals surface area contributed by atoms with Gasteiger partial charge in [-0.1, -0.05) is 12.1 Å². The topological polar surface area (TPSA) is 54.2 Å². The Kier molecular flexibility index (Phi) is 4.72. The van der Waals surface area contributed by atoms with Gasteiger partial charge in [0.15, 0.2) is 5.13 Å². The summed E-state index contributed by atoms with van der Waals surface area (Å²) in [5.74, 6) is 0.842. The van der Waals surface area contributed by atoms with E-state index in [4.69, 9.17) is 5.73 Å². The van der Waals surface area contributed by atoms with Crippen LogP contribution in [0.3, 0.4) is 0 Å². The minimum absolute atomic E-state index is 0.383. The van der Waals surface area contributed by atoms with Crippen LogP contribution < -0.4 is 16.0 Å². The van der Waals surface area contributed by atoms with Gasteiger partial charge in [0.2, 0.25) is 0 Å². The molecule has 2 fully saturated rings. The number of nitrogens with zero attached hydrogens (tertiary/aromatic N) is 2. The van der Waals surface area contributed by atoms with Crippen molar-refractivity contribution in [1.82, 2.24) is 10.3 Å². The maximum absolute atomic E-state index is 5.82. The second kappa shape index (κ2) is 7.11. The lowest BCUT2D eigenvalue weighted by Crippen LogP contribution is -2.28. The Balaban J connectivity index is 1.45. The fourth-order valence-corrected chi connectivity index (χ4v) is 4.69. The highest BCUT2D eigenvalue weighted by Gasteiger charge is 2.28. The predicted molar refractivity (Wildman–Crippen MR) is 102 cm³/mol. The Morgan fingerprint density at radius 1 is 1.17 bits per heavy atom. The minimum Gasteiger partial charge on any atom is -0.375 e. The lowest BCUT2D eigenvalue weighted by molar-refractivity contribution is 0.372. The quantitative estimate of drug-likeness (QED) is 0.891. The molecule has 1 atom stereocenters. The number of piperidine rings is 1. The molecule has 0 bridgehead atoms. The smallest absolute Gasteiger partial charge is 0.180 e. The van der Waals surface area contributed by atoms with Gasteiger partial charge >= 0.3 is 0 Å². The SMILES string of the molecule is Nc1nc(C2CCCN2c2ccc(CC3CCNCC3)cc2)cs1. The molecular formula is C19H26N4S. The number of anilines is 2. The Labute approximate surface area is 148 Å². The summed E-state index contributed by atoms with van der Waals surface area (Å²) in [5, 5.41) is 6.24. The number of aromatic nitrogens is 1. The van der Waals surface area contributed by atoms with Crippen LogP contribution in [0.1, 0.15) is 43.0 Å². The molecule has 0 amide bonds. The molecular weight excluding hydrogens is 316 g/mol. The molecule has 1 aromatic carbocycles. The average molecular weight is 343 g/mol. The molecule has 2 aromatic rings.